The van der Waals surface area contributed by atoms with Crippen molar-refractivity contribution in [1.29, 1.82) is 0 Å². The van der Waals surface area contributed by atoms with Crippen molar-refractivity contribution in [3.05, 3.63) is 17.7 Å². The SMILES string of the molecule is COCCNC(=O)[C@H]1C[C@@H](NC2CCC(F)(F)CC2)[C@H](c2cnc(C(C)C)[nH]2)[C@@H]1O. The number of hydrogen-bond donors (Lipinski definition) is 4. The van der Waals surface area contributed by atoms with Gasteiger partial charge in [-0.25, -0.2) is 13.8 Å². The summed E-state index contributed by atoms with van der Waals surface area (Å²) in [5.41, 5.74) is 0.775. The molecule has 0 unspecified atom stereocenters. The number of H-pyrrole nitrogens is 1. The summed E-state index contributed by atoms with van der Waals surface area (Å²) < 4.78 is 32.1. The number of hydrogen-bond acceptors (Lipinski definition) is 5. The number of nitrogens with zero attached hydrogens (tertiary/aromatic N) is 1. The Kier molecular flexibility index (Phi) is 7.47. The van der Waals surface area contributed by atoms with Gasteiger partial charge in [0, 0.05) is 62.3 Å². The molecule has 4 atom stereocenters. The van der Waals surface area contributed by atoms with Crippen molar-refractivity contribution >= 4 is 5.91 Å². The van der Waals surface area contributed by atoms with Crippen LogP contribution in [0.3, 0.4) is 0 Å². The molecule has 0 aromatic carbocycles. The zero-order valence-corrected chi connectivity index (χ0v) is 18.0. The van der Waals surface area contributed by atoms with E-state index in [1.165, 1.54) is 0 Å². The number of aromatic amines is 1. The Balaban J connectivity index is 1.75. The number of imidazole rings is 1. The summed E-state index contributed by atoms with van der Waals surface area (Å²) >= 11 is 0. The fourth-order valence-electron chi connectivity index (χ4n) is 4.61. The van der Waals surface area contributed by atoms with E-state index in [4.69, 9.17) is 4.74 Å². The molecule has 170 valence electrons. The lowest BCUT2D eigenvalue weighted by Crippen LogP contribution is -2.44. The van der Waals surface area contributed by atoms with Gasteiger partial charge in [-0.05, 0) is 19.3 Å². The molecule has 1 heterocycles. The van der Waals surface area contributed by atoms with Crippen molar-refractivity contribution in [2.75, 3.05) is 20.3 Å². The van der Waals surface area contributed by atoms with Crippen molar-refractivity contribution < 1.29 is 23.4 Å². The van der Waals surface area contributed by atoms with Gasteiger partial charge in [-0.2, -0.15) is 0 Å². The molecule has 4 N–H and O–H groups in total. The fraction of sp³-hybridized carbons (Fsp3) is 0.810. The zero-order valence-electron chi connectivity index (χ0n) is 18.0. The Morgan fingerprint density at radius 1 is 1.40 bits per heavy atom. The van der Waals surface area contributed by atoms with Crippen LogP contribution in [0.5, 0.6) is 0 Å². The topological polar surface area (TPSA) is 99.3 Å². The maximum Gasteiger partial charge on any atom is 0.248 e. The maximum absolute atomic E-state index is 13.5. The molecule has 0 radical (unpaired) electrons. The highest BCUT2D eigenvalue weighted by atomic mass is 19.3. The van der Waals surface area contributed by atoms with Crippen LogP contribution in [0.1, 0.15) is 69.3 Å². The average molecular weight is 429 g/mol. The second kappa shape index (κ2) is 9.70. The van der Waals surface area contributed by atoms with E-state index < -0.39 is 17.9 Å². The Hall–Kier alpha value is -1.58. The molecule has 1 aromatic heterocycles. The average Bonchev–Trinajstić information content (AvgIpc) is 3.28. The quantitative estimate of drug-likeness (QED) is 0.476. The molecule has 30 heavy (non-hydrogen) atoms. The van der Waals surface area contributed by atoms with E-state index in [1.807, 2.05) is 13.8 Å². The molecule has 7 nitrogen and oxygen atoms in total. The van der Waals surface area contributed by atoms with Gasteiger partial charge >= 0.3 is 0 Å². The van der Waals surface area contributed by atoms with Gasteiger partial charge in [0.2, 0.25) is 11.8 Å². The summed E-state index contributed by atoms with van der Waals surface area (Å²) in [6, 6.07) is -0.248. The van der Waals surface area contributed by atoms with Gasteiger partial charge in [-0.1, -0.05) is 13.8 Å². The van der Waals surface area contributed by atoms with Crippen LogP contribution in [0.4, 0.5) is 8.78 Å². The number of ether oxygens (including phenoxy) is 1. The summed E-state index contributed by atoms with van der Waals surface area (Å²) in [6.07, 6.45) is 1.77. The van der Waals surface area contributed by atoms with Crippen molar-refractivity contribution in [3.8, 4) is 0 Å². The molecular formula is C21H34F2N4O3. The normalized spacial score (nSPS) is 29.4. The molecule has 1 amide bonds. The molecular weight excluding hydrogens is 394 g/mol. The number of aromatic nitrogens is 2. The number of halogens is 2. The van der Waals surface area contributed by atoms with E-state index in [-0.39, 0.29) is 42.7 Å². The number of rotatable bonds is 8. The summed E-state index contributed by atoms with van der Waals surface area (Å²) in [6.45, 7) is 4.82. The molecule has 2 aliphatic rings. The van der Waals surface area contributed by atoms with E-state index >= 15 is 0 Å². The van der Waals surface area contributed by atoms with Gasteiger partial charge in [0.1, 0.15) is 5.82 Å². The molecule has 9 heteroatoms. The minimum atomic E-state index is -2.59. The second-order valence-corrected chi connectivity index (χ2v) is 8.92. The van der Waals surface area contributed by atoms with Crippen LogP contribution in [0.25, 0.3) is 0 Å². The van der Waals surface area contributed by atoms with E-state index in [2.05, 4.69) is 20.6 Å². The fourth-order valence-corrected chi connectivity index (χ4v) is 4.61. The Morgan fingerprint density at radius 2 is 2.10 bits per heavy atom. The molecule has 0 bridgehead atoms. The summed E-state index contributed by atoms with van der Waals surface area (Å²) in [5, 5.41) is 17.3. The molecule has 2 saturated carbocycles. The van der Waals surface area contributed by atoms with Gasteiger partial charge in [0.25, 0.3) is 0 Å². The van der Waals surface area contributed by atoms with Crippen LogP contribution in [0.15, 0.2) is 6.20 Å². The van der Waals surface area contributed by atoms with E-state index in [0.717, 1.165) is 11.5 Å². The Labute approximate surface area is 176 Å². The molecule has 0 spiro atoms. The van der Waals surface area contributed by atoms with E-state index in [1.54, 1.807) is 13.3 Å². The minimum Gasteiger partial charge on any atom is -0.392 e. The number of aliphatic hydroxyl groups excluding tert-OH is 1. The summed E-state index contributed by atoms with van der Waals surface area (Å²) in [7, 11) is 1.56. The molecule has 1 aromatic rings. The van der Waals surface area contributed by atoms with Crippen molar-refractivity contribution in [3.63, 3.8) is 0 Å². The number of alkyl halides is 2. The highest BCUT2D eigenvalue weighted by Gasteiger charge is 2.48. The maximum atomic E-state index is 13.5. The van der Waals surface area contributed by atoms with Gasteiger partial charge in [0.05, 0.1) is 18.6 Å². The number of methoxy groups -OCH3 is 1. The Bertz CT molecular complexity index is 702. The lowest BCUT2D eigenvalue weighted by molar-refractivity contribution is -0.127. The smallest absolute Gasteiger partial charge is 0.248 e. The first-order valence-corrected chi connectivity index (χ1v) is 10.8. The third kappa shape index (κ3) is 5.36. The van der Waals surface area contributed by atoms with Gasteiger partial charge in [-0.15, -0.1) is 0 Å². The first-order chi connectivity index (χ1) is 14.2. The van der Waals surface area contributed by atoms with Crippen molar-refractivity contribution in [1.82, 2.24) is 20.6 Å². The first-order valence-electron chi connectivity index (χ1n) is 10.8. The number of carbonyl (C=O) groups excluding carboxylic acids is 1. The van der Waals surface area contributed by atoms with Gasteiger partial charge < -0.3 is 25.5 Å². The van der Waals surface area contributed by atoms with Crippen LogP contribution in [-0.2, 0) is 9.53 Å². The van der Waals surface area contributed by atoms with Crippen LogP contribution in [0, 0.1) is 5.92 Å². The van der Waals surface area contributed by atoms with Crippen LogP contribution in [0.2, 0.25) is 0 Å². The van der Waals surface area contributed by atoms with Crippen LogP contribution in [-0.4, -0.2) is 65.4 Å². The van der Waals surface area contributed by atoms with Crippen molar-refractivity contribution in [2.45, 2.75) is 81.9 Å². The third-order valence-electron chi connectivity index (χ3n) is 6.35. The largest absolute Gasteiger partial charge is 0.392 e. The molecule has 0 aliphatic heterocycles. The number of amides is 1. The predicted molar refractivity (Wildman–Crippen MR) is 109 cm³/mol. The number of nitrogens with one attached hydrogen (secondary N) is 3. The predicted octanol–water partition coefficient (Wildman–Crippen LogP) is 2.30. The second-order valence-electron chi connectivity index (χ2n) is 8.92. The summed E-state index contributed by atoms with van der Waals surface area (Å²) in [4.78, 5) is 20.4. The van der Waals surface area contributed by atoms with E-state index in [9.17, 15) is 18.7 Å². The minimum absolute atomic E-state index is 0.0490. The van der Waals surface area contributed by atoms with Crippen molar-refractivity contribution in [2.24, 2.45) is 5.92 Å². The first kappa shape index (κ1) is 23.1. The number of aliphatic hydroxyl groups is 1. The number of carbonyl (C=O) groups is 1. The van der Waals surface area contributed by atoms with Gasteiger partial charge in [-0.3, -0.25) is 4.79 Å². The molecule has 0 saturated heterocycles. The third-order valence-corrected chi connectivity index (χ3v) is 6.35. The van der Waals surface area contributed by atoms with E-state index in [0.29, 0.717) is 32.4 Å². The van der Waals surface area contributed by atoms with Crippen LogP contribution >= 0.6 is 0 Å². The Morgan fingerprint density at radius 3 is 2.70 bits per heavy atom. The molecule has 3 rings (SSSR count). The highest BCUT2D eigenvalue weighted by Crippen LogP contribution is 2.41. The molecule has 2 fully saturated rings. The summed E-state index contributed by atoms with van der Waals surface area (Å²) in [5.74, 6) is -2.72. The lowest BCUT2D eigenvalue weighted by Gasteiger charge is -2.33. The standard InChI is InChI=1S/C21H34F2N4O3/c1-12(2)19-25-11-16(27-19)17-15(26-13-4-6-21(22,23)7-5-13)10-14(18(17)28)20(29)24-8-9-30-3/h11-15,17-18,26,28H,4-10H2,1-3H3,(H,24,29)(H,25,27)/t14-,15+,17+,18+/m0/s1. The van der Waals surface area contributed by atoms with Gasteiger partial charge in [0.15, 0.2) is 0 Å². The monoisotopic (exact) mass is 428 g/mol. The highest BCUT2D eigenvalue weighted by molar-refractivity contribution is 5.80. The zero-order chi connectivity index (χ0) is 21.9. The van der Waals surface area contributed by atoms with Crippen LogP contribution < -0.4 is 10.6 Å². The lowest BCUT2D eigenvalue weighted by atomic mass is 9.90. The molecule has 2 aliphatic carbocycles.